The predicted octanol–water partition coefficient (Wildman–Crippen LogP) is 2.51. The van der Waals surface area contributed by atoms with Crippen molar-refractivity contribution in [2.24, 2.45) is 0 Å². The molecule has 0 aliphatic carbocycles. The van der Waals surface area contributed by atoms with Crippen molar-refractivity contribution in [1.82, 2.24) is 4.31 Å². The van der Waals surface area contributed by atoms with Gasteiger partial charge in [0.25, 0.3) is 0 Å². The number of rotatable bonds is 6. The number of phenols is 1. The van der Waals surface area contributed by atoms with Crippen LogP contribution in [0, 0.1) is 0 Å². The van der Waals surface area contributed by atoms with Gasteiger partial charge in [-0.3, -0.25) is 0 Å². The Morgan fingerprint density at radius 3 is 2.50 bits per heavy atom. The van der Waals surface area contributed by atoms with Crippen LogP contribution in [0.2, 0.25) is 0 Å². The van der Waals surface area contributed by atoms with Gasteiger partial charge < -0.3 is 5.11 Å². The Hall–Kier alpha value is -1.07. The highest BCUT2D eigenvalue weighted by Gasteiger charge is 2.25. The molecule has 1 aromatic carbocycles. The fourth-order valence-electron chi connectivity index (χ4n) is 2.04. The molecule has 0 bridgehead atoms. The maximum atomic E-state index is 12.1. The van der Waals surface area contributed by atoms with Crippen LogP contribution in [0.15, 0.2) is 24.3 Å². The third-order valence-electron chi connectivity index (χ3n) is 2.92. The monoisotopic (exact) mass is 271 g/mol. The van der Waals surface area contributed by atoms with E-state index >= 15 is 0 Å². The molecule has 5 heteroatoms. The number of sulfonamides is 1. The molecule has 0 saturated heterocycles. The first-order chi connectivity index (χ1) is 8.42. The Morgan fingerprint density at radius 1 is 1.33 bits per heavy atom. The van der Waals surface area contributed by atoms with Crippen LogP contribution in [0.4, 0.5) is 0 Å². The number of phenolic OH excluding ortho intramolecular Hbond substituents is 1. The first-order valence-corrected chi connectivity index (χ1v) is 7.81. The highest BCUT2D eigenvalue weighted by atomic mass is 32.2. The summed E-state index contributed by atoms with van der Waals surface area (Å²) in [5.74, 6) is 0.313. The zero-order chi connectivity index (χ0) is 13.8. The second kappa shape index (κ2) is 6.20. The molecule has 0 unspecified atom stereocenters. The molecule has 4 nitrogen and oxygen atoms in total. The second-order valence-corrected chi connectivity index (χ2v) is 6.33. The van der Waals surface area contributed by atoms with E-state index in [4.69, 9.17) is 0 Å². The van der Waals surface area contributed by atoms with Crippen LogP contribution in [-0.2, 0) is 10.0 Å². The van der Waals surface area contributed by atoms with Gasteiger partial charge in [-0.1, -0.05) is 26.0 Å². The summed E-state index contributed by atoms with van der Waals surface area (Å²) in [7, 11) is -3.23. The molecule has 0 spiro atoms. The van der Waals surface area contributed by atoms with Crippen molar-refractivity contribution in [3.8, 4) is 5.75 Å². The second-order valence-electron chi connectivity index (χ2n) is 4.29. The molecule has 0 fully saturated rings. The molecule has 0 aliphatic rings. The van der Waals surface area contributed by atoms with Gasteiger partial charge in [0.05, 0.1) is 5.75 Å². The number of benzene rings is 1. The maximum absolute atomic E-state index is 12.1. The molecule has 1 rings (SSSR count). The van der Waals surface area contributed by atoms with Crippen molar-refractivity contribution in [2.45, 2.75) is 33.2 Å². The van der Waals surface area contributed by atoms with Gasteiger partial charge in [0.2, 0.25) is 10.0 Å². The Morgan fingerprint density at radius 2 is 2.00 bits per heavy atom. The Labute approximate surface area is 109 Å². The van der Waals surface area contributed by atoms with Gasteiger partial charge in [0, 0.05) is 12.6 Å². The highest BCUT2D eigenvalue weighted by Crippen LogP contribution is 2.25. The largest absolute Gasteiger partial charge is 0.508 e. The Kier molecular flexibility index (Phi) is 5.16. The summed E-state index contributed by atoms with van der Waals surface area (Å²) >= 11 is 0. The molecule has 102 valence electrons. The fourth-order valence-corrected chi connectivity index (χ4v) is 3.78. The predicted molar refractivity (Wildman–Crippen MR) is 73.0 cm³/mol. The van der Waals surface area contributed by atoms with E-state index in [1.54, 1.807) is 18.2 Å². The van der Waals surface area contributed by atoms with Crippen molar-refractivity contribution < 1.29 is 13.5 Å². The molecule has 1 N–H and O–H groups in total. The smallest absolute Gasteiger partial charge is 0.214 e. The zero-order valence-corrected chi connectivity index (χ0v) is 11.9. The van der Waals surface area contributed by atoms with Gasteiger partial charge in [-0.25, -0.2) is 8.42 Å². The molecule has 1 atom stereocenters. The van der Waals surface area contributed by atoms with E-state index in [2.05, 4.69) is 0 Å². The lowest BCUT2D eigenvalue weighted by Gasteiger charge is -2.27. The molecule has 18 heavy (non-hydrogen) atoms. The Bertz CT molecular complexity index is 485. The lowest BCUT2D eigenvalue weighted by molar-refractivity contribution is 0.355. The molecule has 0 aliphatic heterocycles. The summed E-state index contributed by atoms with van der Waals surface area (Å²) in [6.07, 6.45) is 0.603. The minimum atomic E-state index is -3.23. The fraction of sp³-hybridized carbons (Fsp3) is 0.538. The molecule has 0 radical (unpaired) electrons. The van der Waals surface area contributed by atoms with E-state index in [-0.39, 0.29) is 17.5 Å². The van der Waals surface area contributed by atoms with Crippen molar-refractivity contribution in [3.63, 3.8) is 0 Å². The van der Waals surface area contributed by atoms with Crippen LogP contribution in [0.25, 0.3) is 0 Å². The van der Waals surface area contributed by atoms with Gasteiger partial charge in [0.1, 0.15) is 5.75 Å². The van der Waals surface area contributed by atoms with E-state index in [1.807, 2.05) is 26.8 Å². The lowest BCUT2D eigenvalue weighted by Crippen LogP contribution is -2.35. The minimum absolute atomic E-state index is 0.156. The van der Waals surface area contributed by atoms with E-state index in [0.717, 1.165) is 5.56 Å². The SMILES string of the molecule is CCCS(=O)(=O)N(CC)[C@H](C)c1cccc(O)c1. The first-order valence-electron chi connectivity index (χ1n) is 6.20. The normalized spacial score (nSPS) is 13.8. The van der Waals surface area contributed by atoms with Crippen LogP contribution >= 0.6 is 0 Å². The van der Waals surface area contributed by atoms with Gasteiger partial charge in [0.15, 0.2) is 0 Å². The third kappa shape index (κ3) is 3.46. The van der Waals surface area contributed by atoms with Crippen LogP contribution < -0.4 is 0 Å². The summed E-state index contributed by atoms with van der Waals surface area (Å²) in [4.78, 5) is 0. The number of nitrogens with zero attached hydrogens (tertiary/aromatic N) is 1. The number of hydrogen-bond acceptors (Lipinski definition) is 3. The molecular weight excluding hydrogens is 250 g/mol. The van der Waals surface area contributed by atoms with E-state index in [1.165, 1.54) is 4.31 Å². The summed E-state index contributed by atoms with van der Waals surface area (Å²) < 4.78 is 25.7. The summed E-state index contributed by atoms with van der Waals surface area (Å²) in [5.41, 5.74) is 0.802. The van der Waals surface area contributed by atoms with Crippen LogP contribution in [-0.4, -0.2) is 30.1 Å². The summed E-state index contributed by atoms with van der Waals surface area (Å²) in [6, 6.07) is 6.47. The first kappa shape index (κ1) is 15.0. The minimum Gasteiger partial charge on any atom is -0.508 e. The zero-order valence-electron chi connectivity index (χ0n) is 11.1. The van der Waals surface area contributed by atoms with Crippen LogP contribution in [0.5, 0.6) is 5.75 Å². The number of hydrogen-bond donors (Lipinski definition) is 1. The molecule has 0 saturated carbocycles. The summed E-state index contributed by atoms with van der Waals surface area (Å²) in [6.45, 7) is 5.95. The van der Waals surface area contributed by atoms with E-state index in [9.17, 15) is 13.5 Å². The third-order valence-corrected chi connectivity index (χ3v) is 5.13. The van der Waals surface area contributed by atoms with Crippen molar-refractivity contribution >= 4 is 10.0 Å². The molecule has 0 heterocycles. The highest BCUT2D eigenvalue weighted by molar-refractivity contribution is 7.89. The van der Waals surface area contributed by atoms with Crippen molar-refractivity contribution in [2.75, 3.05) is 12.3 Å². The maximum Gasteiger partial charge on any atom is 0.214 e. The average molecular weight is 271 g/mol. The molecule has 0 amide bonds. The van der Waals surface area contributed by atoms with Crippen LogP contribution in [0.3, 0.4) is 0 Å². The van der Waals surface area contributed by atoms with E-state index in [0.29, 0.717) is 13.0 Å². The quantitative estimate of drug-likeness (QED) is 0.865. The van der Waals surface area contributed by atoms with Crippen molar-refractivity contribution in [1.29, 1.82) is 0 Å². The van der Waals surface area contributed by atoms with Crippen molar-refractivity contribution in [3.05, 3.63) is 29.8 Å². The molecule has 1 aromatic rings. The van der Waals surface area contributed by atoms with Gasteiger partial charge in [-0.05, 0) is 31.0 Å². The molecular formula is C13H21NO3S. The standard InChI is InChI=1S/C13H21NO3S/c1-4-9-18(16,17)14(5-2)11(3)12-7-6-8-13(15)10-12/h6-8,10-11,15H,4-5,9H2,1-3H3/t11-/m1/s1. The van der Waals surface area contributed by atoms with Gasteiger partial charge >= 0.3 is 0 Å². The topological polar surface area (TPSA) is 57.6 Å². The lowest BCUT2D eigenvalue weighted by atomic mass is 10.1. The summed E-state index contributed by atoms with van der Waals surface area (Å²) in [5, 5.41) is 9.45. The van der Waals surface area contributed by atoms with Gasteiger partial charge in [-0.2, -0.15) is 4.31 Å². The Balaban J connectivity index is 3.03. The van der Waals surface area contributed by atoms with E-state index < -0.39 is 10.0 Å². The van der Waals surface area contributed by atoms with Crippen LogP contribution in [0.1, 0.15) is 38.8 Å². The van der Waals surface area contributed by atoms with Gasteiger partial charge in [-0.15, -0.1) is 0 Å². The average Bonchev–Trinajstić information content (AvgIpc) is 2.29. The number of aromatic hydroxyl groups is 1. The molecule has 0 aromatic heterocycles.